The lowest BCUT2D eigenvalue weighted by atomic mass is 9.50. The molecule has 4 fully saturated rings. The SMILES string of the molecule is CC(C)COCC(C(=O)Cl)C1C2CC3CC(C2)CC1C3. The molecule has 2 nitrogen and oxygen atoms in total. The van der Waals surface area contributed by atoms with Gasteiger partial charge in [-0.15, -0.1) is 0 Å². The number of halogens is 1. The van der Waals surface area contributed by atoms with Crippen LogP contribution in [-0.2, 0) is 9.53 Å². The number of carbonyl (C=O) groups excluding carboxylic acids is 1. The lowest BCUT2D eigenvalue weighted by Gasteiger charge is -2.56. The Balaban J connectivity index is 1.66. The van der Waals surface area contributed by atoms with Crippen molar-refractivity contribution in [2.75, 3.05) is 13.2 Å². The van der Waals surface area contributed by atoms with Crippen molar-refractivity contribution in [1.82, 2.24) is 0 Å². The Bertz CT molecular complexity index is 338. The predicted octanol–water partition coefficient (Wildman–Crippen LogP) is 4.11. The highest BCUT2D eigenvalue weighted by atomic mass is 35.5. The fourth-order valence-corrected chi connectivity index (χ4v) is 5.59. The van der Waals surface area contributed by atoms with Gasteiger partial charge in [-0.25, -0.2) is 0 Å². The van der Waals surface area contributed by atoms with E-state index in [4.69, 9.17) is 16.3 Å². The highest BCUT2D eigenvalue weighted by Gasteiger charge is 2.51. The van der Waals surface area contributed by atoms with Crippen LogP contribution in [0.3, 0.4) is 0 Å². The first kappa shape index (κ1) is 14.8. The molecule has 0 aromatic carbocycles. The Hall–Kier alpha value is -0.0800. The first-order chi connectivity index (χ1) is 9.54. The number of carbonyl (C=O) groups is 1. The van der Waals surface area contributed by atoms with Gasteiger partial charge in [0.2, 0.25) is 5.24 Å². The molecule has 4 aliphatic rings. The lowest BCUT2D eigenvalue weighted by Crippen LogP contribution is -2.49. The molecule has 114 valence electrons. The van der Waals surface area contributed by atoms with Gasteiger partial charge in [-0.05, 0) is 79.2 Å². The van der Waals surface area contributed by atoms with E-state index >= 15 is 0 Å². The summed E-state index contributed by atoms with van der Waals surface area (Å²) in [6.45, 7) is 5.54. The van der Waals surface area contributed by atoms with Crippen molar-refractivity contribution in [3.63, 3.8) is 0 Å². The van der Waals surface area contributed by atoms with E-state index in [2.05, 4.69) is 13.8 Å². The fraction of sp³-hybridized carbons (Fsp3) is 0.941. The molecule has 3 heteroatoms. The summed E-state index contributed by atoms with van der Waals surface area (Å²) in [7, 11) is 0. The molecule has 0 radical (unpaired) electrons. The number of hydrogen-bond donors (Lipinski definition) is 0. The van der Waals surface area contributed by atoms with Gasteiger partial charge < -0.3 is 4.74 Å². The smallest absolute Gasteiger partial charge is 0.227 e. The molecule has 0 heterocycles. The zero-order valence-corrected chi connectivity index (χ0v) is 13.4. The van der Waals surface area contributed by atoms with E-state index in [-0.39, 0.29) is 11.2 Å². The van der Waals surface area contributed by atoms with Crippen LogP contribution in [0.25, 0.3) is 0 Å². The molecular weight excluding hydrogens is 272 g/mol. The zero-order valence-electron chi connectivity index (χ0n) is 12.7. The molecule has 4 saturated carbocycles. The Morgan fingerprint density at radius 1 is 1.05 bits per heavy atom. The maximum absolute atomic E-state index is 11.9. The van der Waals surface area contributed by atoms with Crippen LogP contribution >= 0.6 is 11.6 Å². The molecule has 0 spiro atoms. The fourth-order valence-electron chi connectivity index (χ4n) is 5.38. The third kappa shape index (κ3) is 2.92. The maximum Gasteiger partial charge on any atom is 0.227 e. The summed E-state index contributed by atoms with van der Waals surface area (Å²) in [6.07, 6.45) is 6.79. The number of ether oxygens (including phenoxy) is 1. The summed E-state index contributed by atoms with van der Waals surface area (Å²) in [6, 6.07) is 0. The molecule has 4 rings (SSSR count). The van der Waals surface area contributed by atoms with Crippen molar-refractivity contribution in [2.24, 2.45) is 41.4 Å². The molecule has 0 aromatic rings. The molecule has 1 unspecified atom stereocenters. The molecule has 4 aliphatic carbocycles. The van der Waals surface area contributed by atoms with Crippen LogP contribution in [0.15, 0.2) is 0 Å². The van der Waals surface area contributed by atoms with Gasteiger partial charge in [-0.2, -0.15) is 0 Å². The molecule has 20 heavy (non-hydrogen) atoms. The summed E-state index contributed by atoms with van der Waals surface area (Å²) in [5.74, 6) is 4.31. The second kappa shape index (κ2) is 5.96. The van der Waals surface area contributed by atoms with Gasteiger partial charge in [-0.3, -0.25) is 4.79 Å². The average Bonchev–Trinajstić information content (AvgIpc) is 2.34. The van der Waals surface area contributed by atoms with E-state index < -0.39 is 0 Å². The maximum atomic E-state index is 11.9. The molecule has 0 aliphatic heterocycles. The summed E-state index contributed by atoms with van der Waals surface area (Å²) < 4.78 is 5.77. The van der Waals surface area contributed by atoms with E-state index in [0.717, 1.165) is 30.3 Å². The normalized spacial score (nSPS) is 40.3. The third-order valence-corrected chi connectivity index (χ3v) is 6.08. The molecule has 4 bridgehead atoms. The van der Waals surface area contributed by atoms with Gasteiger partial charge in [0.15, 0.2) is 0 Å². The second-order valence-electron chi connectivity index (χ2n) is 7.85. The van der Waals surface area contributed by atoms with Gasteiger partial charge >= 0.3 is 0 Å². The Labute approximate surface area is 127 Å². The minimum Gasteiger partial charge on any atom is -0.380 e. The number of hydrogen-bond acceptors (Lipinski definition) is 2. The van der Waals surface area contributed by atoms with Crippen molar-refractivity contribution in [3.8, 4) is 0 Å². The Morgan fingerprint density at radius 3 is 2.05 bits per heavy atom. The summed E-state index contributed by atoms with van der Waals surface area (Å²) in [4.78, 5) is 11.9. The first-order valence-electron chi connectivity index (χ1n) is 8.31. The van der Waals surface area contributed by atoms with Gasteiger partial charge in [0.1, 0.15) is 0 Å². The van der Waals surface area contributed by atoms with Crippen molar-refractivity contribution in [2.45, 2.75) is 46.0 Å². The highest BCUT2D eigenvalue weighted by Crippen LogP contribution is 2.58. The van der Waals surface area contributed by atoms with Crippen LogP contribution < -0.4 is 0 Å². The quantitative estimate of drug-likeness (QED) is 0.690. The summed E-state index contributed by atoms with van der Waals surface area (Å²) in [5.41, 5.74) is 0. The van der Waals surface area contributed by atoms with E-state index in [1.165, 1.54) is 32.1 Å². The second-order valence-corrected chi connectivity index (χ2v) is 8.22. The van der Waals surface area contributed by atoms with Crippen LogP contribution in [0.1, 0.15) is 46.0 Å². The van der Waals surface area contributed by atoms with Gasteiger partial charge in [0.25, 0.3) is 0 Å². The first-order valence-corrected chi connectivity index (χ1v) is 8.69. The Morgan fingerprint density at radius 2 is 1.60 bits per heavy atom. The van der Waals surface area contributed by atoms with Crippen LogP contribution in [0.2, 0.25) is 0 Å². The van der Waals surface area contributed by atoms with Crippen molar-refractivity contribution in [3.05, 3.63) is 0 Å². The monoisotopic (exact) mass is 298 g/mol. The van der Waals surface area contributed by atoms with Gasteiger partial charge in [0, 0.05) is 6.61 Å². The molecular formula is C17H27ClO2. The van der Waals surface area contributed by atoms with Crippen LogP contribution in [0, 0.1) is 41.4 Å². The van der Waals surface area contributed by atoms with Crippen LogP contribution in [0.5, 0.6) is 0 Å². The molecule has 0 saturated heterocycles. The van der Waals surface area contributed by atoms with Crippen LogP contribution in [0.4, 0.5) is 0 Å². The minimum atomic E-state index is -0.161. The molecule has 0 N–H and O–H groups in total. The zero-order chi connectivity index (χ0) is 14.3. The Kier molecular flexibility index (Phi) is 4.42. The predicted molar refractivity (Wildman–Crippen MR) is 80.5 cm³/mol. The summed E-state index contributed by atoms with van der Waals surface area (Å²) >= 11 is 5.93. The number of rotatable bonds is 6. The molecule has 0 amide bonds. The highest BCUT2D eigenvalue weighted by molar-refractivity contribution is 6.64. The third-order valence-electron chi connectivity index (χ3n) is 5.80. The van der Waals surface area contributed by atoms with Crippen molar-refractivity contribution in [1.29, 1.82) is 0 Å². The van der Waals surface area contributed by atoms with E-state index in [0.29, 0.717) is 18.4 Å². The standard InChI is InChI=1S/C17H27ClO2/c1-10(2)8-20-9-15(17(18)19)16-13-4-11-3-12(6-13)7-14(16)5-11/h10-16H,3-9H2,1-2H3. The van der Waals surface area contributed by atoms with Crippen molar-refractivity contribution >= 4 is 16.8 Å². The summed E-state index contributed by atoms with van der Waals surface area (Å²) in [5, 5.41) is -0.161. The minimum absolute atomic E-state index is 0.0644. The van der Waals surface area contributed by atoms with E-state index in [9.17, 15) is 4.79 Å². The lowest BCUT2D eigenvalue weighted by molar-refractivity contribution is -0.129. The molecule has 0 aromatic heterocycles. The van der Waals surface area contributed by atoms with E-state index in [1.54, 1.807) is 0 Å². The van der Waals surface area contributed by atoms with Crippen molar-refractivity contribution < 1.29 is 9.53 Å². The average molecular weight is 299 g/mol. The molecule has 1 atom stereocenters. The topological polar surface area (TPSA) is 26.3 Å². The van der Waals surface area contributed by atoms with Crippen LogP contribution in [-0.4, -0.2) is 18.5 Å². The van der Waals surface area contributed by atoms with E-state index in [1.807, 2.05) is 0 Å². The van der Waals surface area contributed by atoms with Gasteiger partial charge in [-0.1, -0.05) is 13.8 Å². The largest absolute Gasteiger partial charge is 0.380 e. The van der Waals surface area contributed by atoms with Gasteiger partial charge in [0.05, 0.1) is 12.5 Å².